The zero-order valence-electron chi connectivity index (χ0n) is 11.2. The standard InChI is InChI=1S/C15H17N3O/c1-9-3-7-12(8-4-9)19-15-10(2)13(16)17-14(18-15)11-5-6-11/h3-4,7-8,11H,5-6H2,1-2H3,(H2,16,17,18). The average molecular weight is 255 g/mol. The van der Waals surface area contributed by atoms with Crippen LogP contribution in [0.1, 0.15) is 35.7 Å². The number of nitrogens with zero attached hydrogens (tertiary/aromatic N) is 2. The van der Waals surface area contributed by atoms with Crippen molar-refractivity contribution >= 4 is 5.82 Å². The van der Waals surface area contributed by atoms with E-state index in [4.69, 9.17) is 10.5 Å². The third-order valence-corrected chi connectivity index (χ3v) is 3.33. The van der Waals surface area contributed by atoms with Crippen molar-refractivity contribution in [2.75, 3.05) is 5.73 Å². The lowest BCUT2D eigenvalue weighted by Crippen LogP contribution is -2.04. The predicted octanol–water partition coefficient (Wildman–Crippen LogP) is 3.35. The van der Waals surface area contributed by atoms with E-state index < -0.39 is 0 Å². The molecule has 1 aliphatic rings. The number of hydrogen-bond acceptors (Lipinski definition) is 4. The molecule has 1 aromatic carbocycles. The van der Waals surface area contributed by atoms with E-state index in [1.807, 2.05) is 38.1 Å². The number of hydrogen-bond donors (Lipinski definition) is 1. The summed E-state index contributed by atoms with van der Waals surface area (Å²) in [6.45, 7) is 3.93. The van der Waals surface area contributed by atoms with Crippen molar-refractivity contribution in [1.29, 1.82) is 0 Å². The molecule has 1 heterocycles. The monoisotopic (exact) mass is 255 g/mol. The first-order chi connectivity index (χ1) is 9.13. The van der Waals surface area contributed by atoms with Crippen LogP contribution in [0.15, 0.2) is 24.3 Å². The van der Waals surface area contributed by atoms with E-state index >= 15 is 0 Å². The molecule has 0 atom stereocenters. The highest BCUT2D eigenvalue weighted by atomic mass is 16.5. The van der Waals surface area contributed by atoms with Crippen molar-refractivity contribution in [3.8, 4) is 11.6 Å². The van der Waals surface area contributed by atoms with Gasteiger partial charge < -0.3 is 10.5 Å². The van der Waals surface area contributed by atoms with Gasteiger partial charge in [0.05, 0.1) is 5.56 Å². The van der Waals surface area contributed by atoms with Crippen LogP contribution in [0.3, 0.4) is 0 Å². The van der Waals surface area contributed by atoms with Gasteiger partial charge in [0, 0.05) is 5.92 Å². The van der Waals surface area contributed by atoms with Crippen molar-refractivity contribution in [1.82, 2.24) is 9.97 Å². The summed E-state index contributed by atoms with van der Waals surface area (Å²) in [5.74, 6) is 3.12. The van der Waals surface area contributed by atoms with Gasteiger partial charge in [0.2, 0.25) is 5.88 Å². The molecule has 19 heavy (non-hydrogen) atoms. The maximum absolute atomic E-state index is 5.93. The van der Waals surface area contributed by atoms with Crippen LogP contribution in [0.2, 0.25) is 0 Å². The van der Waals surface area contributed by atoms with Gasteiger partial charge in [-0.3, -0.25) is 0 Å². The molecule has 0 amide bonds. The Hall–Kier alpha value is -2.10. The van der Waals surface area contributed by atoms with E-state index in [2.05, 4.69) is 9.97 Å². The number of ether oxygens (including phenoxy) is 1. The molecule has 0 saturated heterocycles. The summed E-state index contributed by atoms with van der Waals surface area (Å²) >= 11 is 0. The Morgan fingerprint density at radius 1 is 1.11 bits per heavy atom. The van der Waals surface area contributed by atoms with Crippen LogP contribution in [0, 0.1) is 13.8 Å². The fourth-order valence-corrected chi connectivity index (χ4v) is 1.87. The fraction of sp³-hybridized carbons (Fsp3) is 0.333. The Labute approximate surface area is 112 Å². The molecule has 0 aliphatic heterocycles. The lowest BCUT2D eigenvalue weighted by atomic mass is 10.2. The Morgan fingerprint density at radius 2 is 1.79 bits per heavy atom. The Kier molecular flexibility index (Phi) is 2.85. The topological polar surface area (TPSA) is 61.0 Å². The Morgan fingerprint density at radius 3 is 2.42 bits per heavy atom. The van der Waals surface area contributed by atoms with Gasteiger partial charge in [-0.2, -0.15) is 4.98 Å². The summed E-state index contributed by atoms with van der Waals surface area (Å²) in [5, 5.41) is 0. The summed E-state index contributed by atoms with van der Waals surface area (Å²) < 4.78 is 5.83. The summed E-state index contributed by atoms with van der Waals surface area (Å²) in [4.78, 5) is 8.84. The Balaban J connectivity index is 1.92. The van der Waals surface area contributed by atoms with Gasteiger partial charge in [-0.15, -0.1) is 0 Å². The highest BCUT2D eigenvalue weighted by Crippen LogP contribution is 2.40. The van der Waals surface area contributed by atoms with E-state index in [0.29, 0.717) is 17.6 Å². The van der Waals surface area contributed by atoms with Crippen molar-refractivity contribution in [3.63, 3.8) is 0 Å². The first kappa shape index (κ1) is 12.0. The minimum Gasteiger partial charge on any atom is -0.439 e. The molecule has 0 unspecified atom stereocenters. The molecule has 1 fully saturated rings. The van der Waals surface area contributed by atoms with E-state index in [1.54, 1.807) is 0 Å². The molecule has 1 aliphatic carbocycles. The zero-order chi connectivity index (χ0) is 13.4. The van der Waals surface area contributed by atoms with Crippen LogP contribution in [0.4, 0.5) is 5.82 Å². The van der Waals surface area contributed by atoms with Crippen molar-refractivity contribution in [2.45, 2.75) is 32.6 Å². The van der Waals surface area contributed by atoms with Gasteiger partial charge >= 0.3 is 0 Å². The van der Waals surface area contributed by atoms with Crippen LogP contribution in [-0.2, 0) is 0 Å². The third-order valence-electron chi connectivity index (χ3n) is 3.33. The zero-order valence-corrected chi connectivity index (χ0v) is 11.2. The van der Waals surface area contributed by atoms with Gasteiger partial charge in [0.1, 0.15) is 17.4 Å². The quantitative estimate of drug-likeness (QED) is 0.913. The van der Waals surface area contributed by atoms with E-state index in [0.717, 1.165) is 30.0 Å². The van der Waals surface area contributed by atoms with Crippen LogP contribution < -0.4 is 10.5 Å². The fourth-order valence-electron chi connectivity index (χ4n) is 1.87. The predicted molar refractivity (Wildman–Crippen MR) is 74.4 cm³/mol. The van der Waals surface area contributed by atoms with Crippen LogP contribution in [-0.4, -0.2) is 9.97 Å². The van der Waals surface area contributed by atoms with Crippen molar-refractivity contribution < 1.29 is 4.74 Å². The van der Waals surface area contributed by atoms with Crippen LogP contribution >= 0.6 is 0 Å². The number of benzene rings is 1. The van der Waals surface area contributed by atoms with E-state index in [9.17, 15) is 0 Å². The molecule has 2 N–H and O–H groups in total. The number of anilines is 1. The number of rotatable bonds is 3. The first-order valence-electron chi connectivity index (χ1n) is 6.52. The highest BCUT2D eigenvalue weighted by molar-refractivity contribution is 5.46. The highest BCUT2D eigenvalue weighted by Gasteiger charge is 2.28. The minimum atomic E-state index is 0.461. The molecular formula is C15H17N3O. The number of aromatic nitrogens is 2. The first-order valence-corrected chi connectivity index (χ1v) is 6.52. The number of nitrogen functional groups attached to an aromatic ring is 1. The van der Waals surface area contributed by atoms with Gasteiger partial charge in [0.15, 0.2) is 0 Å². The smallest absolute Gasteiger partial charge is 0.227 e. The van der Waals surface area contributed by atoms with Crippen molar-refractivity contribution in [3.05, 3.63) is 41.2 Å². The number of aryl methyl sites for hydroxylation is 1. The molecule has 0 spiro atoms. The summed E-state index contributed by atoms with van der Waals surface area (Å²) in [6, 6.07) is 7.89. The lowest BCUT2D eigenvalue weighted by molar-refractivity contribution is 0.455. The number of nitrogens with two attached hydrogens (primary N) is 1. The van der Waals surface area contributed by atoms with E-state index in [-0.39, 0.29) is 0 Å². The van der Waals surface area contributed by atoms with Gasteiger partial charge in [-0.25, -0.2) is 4.98 Å². The second-order valence-electron chi connectivity index (χ2n) is 5.09. The third kappa shape index (κ3) is 2.52. The largest absolute Gasteiger partial charge is 0.439 e. The molecule has 1 aromatic heterocycles. The summed E-state index contributed by atoms with van der Waals surface area (Å²) in [5.41, 5.74) is 7.93. The maximum atomic E-state index is 5.93. The molecular weight excluding hydrogens is 238 g/mol. The van der Waals surface area contributed by atoms with Gasteiger partial charge in [0.25, 0.3) is 0 Å². The van der Waals surface area contributed by atoms with E-state index in [1.165, 1.54) is 5.56 Å². The second-order valence-corrected chi connectivity index (χ2v) is 5.09. The molecule has 4 heteroatoms. The van der Waals surface area contributed by atoms with Gasteiger partial charge in [-0.1, -0.05) is 17.7 Å². The molecule has 0 radical (unpaired) electrons. The van der Waals surface area contributed by atoms with Gasteiger partial charge in [-0.05, 0) is 38.8 Å². The molecule has 3 rings (SSSR count). The molecule has 2 aromatic rings. The molecule has 1 saturated carbocycles. The summed E-state index contributed by atoms with van der Waals surface area (Å²) in [6.07, 6.45) is 2.29. The lowest BCUT2D eigenvalue weighted by Gasteiger charge is -2.11. The second kappa shape index (κ2) is 4.53. The maximum Gasteiger partial charge on any atom is 0.227 e. The van der Waals surface area contributed by atoms with Crippen molar-refractivity contribution in [2.24, 2.45) is 0 Å². The SMILES string of the molecule is Cc1ccc(Oc2nc(C3CC3)nc(N)c2C)cc1. The van der Waals surface area contributed by atoms with Crippen LogP contribution in [0.5, 0.6) is 11.6 Å². The normalized spacial score (nSPS) is 14.4. The average Bonchev–Trinajstić information content (AvgIpc) is 3.21. The van der Waals surface area contributed by atoms with Crippen LogP contribution in [0.25, 0.3) is 0 Å². The molecule has 0 bridgehead atoms. The molecule has 4 nitrogen and oxygen atoms in total. The summed E-state index contributed by atoms with van der Waals surface area (Å²) in [7, 11) is 0. The Bertz CT molecular complexity index is 604. The minimum absolute atomic E-state index is 0.461. The molecule has 98 valence electrons.